The lowest BCUT2D eigenvalue weighted by Gasteiger charge is -2.18. The molecule has 1 N–H and O–H groups in total. The fourth-order valence-corrected chi connectivity index (χ4v) is 2.49. The standard InChI is InChI=1S/C15H23BrFN/c1-3-5-7-14(6-4-2)18-11-12-10-13(16)8-9-15(12)17/h8-10,14,18H,3-7,11H2,1-2H3. The summed E-state index contributed by atoms with van der Waals surface area (Å²) >= 11 is 3.38. The molecule has 1 aromatic carbocycles. The normalized spacial score (nSPS) is 12.7. The molecule has 0 radical (unpaired) electrons. The minimum atomic E-state index is -0.128. The van der Waals surface area contributed by atoms with Crippen LogP contribution in [0.4, 0.5) is 4.39 Å². The first-order valence-corrected chi connectivity index (χ1v) is 7.64. The first-order chi connectivity index (χ1) is 8.67. The van der Waals surface area contributed by atoms with Crippen molar-refractivity contribution >= 4 is 15.9 Å². The molecule has 3 heteroatoms. The summed E-state index contributed by atoms with van der Waals surface area (Å²) in [5.74, 6) is -0.128. The Morgan fingerprint density at radius 1 is 1.22 bits per heavy atom. The second-order valence-electron chi connectivity index (χ2n) is 4.74. The predicted molar refractivity (Wildman–Crippen MR) is 79.2 cm³/mol. The molecule has 1 atom stereocenters. The van der Waals surface area contributed by atoms with Crippen LogP contribution in [0.5, 0.6) is 0 Å². The Hall–Kier alpha value is -0.410. The maximum atomic E-state index is 13.6. The van der Waals surface area contributed by atoms with Gasteiger partial charge in [-0.2, -0.15) is 0 Å². The number of hydrogen-bond donors (Lipinski definition) is 1. The Morgan fingerprint density at radius 2 is 2.00 bits per heavy atom. The quantitative estimate of drug-likeness (QED) is 0.709. The predicted octanol–water partition coefficient (Wildman–Crippen LogP) is 5.04. The van der Waals surface area contributed by atoms with Crippen LogP contribution in [0.15, 0.2) is 22.7 Å². The van der Waals surface area contributed by atoms with Gasteiger partial charge >= 0.3 is 0 Å². The Labute approximate surface area is 118 Å². The molecule has 0 aromatic heterocycles. The van der Waals surface area contributed by atoms with E-state index in [1.807, 2.05) is 6.07 Å². The van der Waals surface area contributed by atoms with E-state index < -0.39 is 0 Å². The van der Waals surface area contributed by atoms with Crippen LogP contribution in [0.25, 0.3) is 0 Å². The second kappa shape index (κ2) is 8.65. The summed E-state index contributed by atoms with van der Waals surface area (Å²) in [6, 6.07) is 5.61. The highest BCUT2D eigenvalue weighted by Crippen LogP contribution is 2.16. The average Bonchev–Trinajstić information content (AvgIpc) is 2.36. The second-order valence-corrected chi connectivity index (χ2v) is 5.66. The van der Waals surface area contributed by atoms with Crippen molar-refractivity contribution < 1.29 is 4.39 Å². The summed E-state index contributed by atoms with van der Waals surface area (Å²) < 4.78 is 14.5. The molecule has 1 aromatic rings. The summed E-state index contributed by atoms with van der Waals surface area (Å²) in [5.41, 5.74) is 0.738. The Bertz CT molecular complexity index is 354. The maximum absolute atomic E-state index is 13.6. The van der Waals surface area contributed by atoms with Gasteiger partial charge in [0.2, 0.25) is 0 Å². The number of unbranched alkanes of at least 4 members (excludes halogenated alkanes) is 1. The highest BCUT2D eigenvalue weighted by atomic mass is 79.9. The van der Waals surface area contributed by atoms with Crippen molar-refractivity contribution in [2.24, 2.45) is 0 Å². The molecule has 102 valence electrons. The van der Waals surface area contributed by atoms with Gasteiger partial charge in [-0.3, -0.25) is 0 Å². The molecule has 1 nitrogen and oxygen atoms in total. The zero-order valence-corrected chi connectivity index (χ0v) is 12.9. The van der Waals surface area contributed by atoms with Crippen molar-refractivity contribution in [1.82, 2.24) is 5.32 Å². The highest BCUT2D eigenvalue weighted by molar-refractivity contribution is 9.10. The summed E-state index contributed by atoms with van der Waals surface area (Å²) in [5, 5.41) is 3.48. The lowest BCUT2D eigenvalue weighted by atomic mass is 10.0. The minimum Gasteiger partial charge on any atom is -0.310 e. The lowest BCUT2D eigenvalue weighted by molar-refractivity contribution is 0.429. The zero-order valence-electron chi connectivity index (χ0n) is 11.3. The number of nitrogens with one attached hydrogen (secondary N) is 1. The fraction of sp³-hybridized carbons (Fsp3) is 0.600. The van der Waals surface area contributed by atoms with E-state index in [0.29, 0.717) is 12.6 Å². The molecular formula is C15H23BrFN. The van der Waals surface area contributed by atoms with E-state index in [1.165, 1.54) is 31.7 Å². The summed E-state index contributed by atoms with van der Waals surface area (Å²) in [6.45, 7) is 5.01. The highest BCUT2D eigenvalue weighted by Gasteiger charge is 2.08. The molecule has 0 aliphatic rings. The van der Waals surface area contributed by atoms with Crippen LogP contribution >= 0.6 is 15.9 Å². The van der Waals surface area contributed by atoms with Gasteiger partial charge in [-0.15, -0.1) is 0 Å². The maximum Gasteiger partial charge on any atom is 0.127 e. The number of rotatable bonds is 8. The SMILES string of the molecule is CCCCC(CCC)NCc1cc(Br)ccc1F. The molecule has 0 bridgehead atoms. The number of hydrogen-bond acceptors (Lipinski definition) is 1. The van der Waals surface area contributed by atoms with Gasteiger partial charge in [0.05, 0.1) is 0 Å². The van der Waals surface area contributed by atoms with Crippen molar-refractivity contribution in [3.05, 3.63) is 34.1 Å². The van der Waals surface area contributed by atoms with Gasteiger partial charge in [-0.25, -0.2) is 4.39 Å². The largest absolute Gasteiger partial charge is 0.310 e. The van der Waals surface area contributed by atoms with Gasteiger partial charge in [0, 0.05) is 22.6 Å². The Morgan fingerprint density at radius 3 is 2.67 bits per heavy atom. The summed E-state index contributed by atoms with van der Waals surface area (Å²) in [6.07, 6.45) is 5.96. The molecule has 0 aliphatic heterocycles. The van der Waals surface area contributed by atoms with E-state index in [0.717, 1.165) is 16.5 Å². The average molecular weight is 316 g/mol. The van der Waals surface area contributed by atoms with E-state index in [2.05, 4.69) is 35.1 Å². The van der Waals surface area contributed by atoms with E-state index in [9.17, 15) is 4.39 Å². The Balaban J connectivity index is 2.52. The molecule has 0 saturated carbocycles. The molecule has 0 aliphatic carbocycles. The van der Waals surface area contributed by atoms with E-state index in [-0.39, 0.29) is 5.82 Å². The number of halogens is 2. The molecule has 0 amide bonds. The molecule has 0 spiro atoms. The van der Waals surface area contributed by atoms with Gasteiger partial charge < -0.3 is 5.32 Å². The Kier molecular flexibility index (Phi) is 7.52. The molecular weight excluding hydrogens is 293 g/mol. The third-order valence-corrected chi connectivity index (χ3v) is 3.63. The van der Waals surface area contributed by atoms with Gasteiger partial charge in [0.1, 0.15) is 5.82 Å². The van der Waals surface area contributed by atoms with Crippen LogP contribution in [-0.4, -0.2) is 6.04 Å². The van der Waals surface area contributed by atoms with Crippen molar-refractivity contribution in [2.45, 2.75) is 58.5 Å². The molecule has 0 saturated heterocycles. The summed E-state index contributed by atoms with van der Waals surface area (Å²) in [4.78, 5) is 0. The van der Waals surface area contributed by atoms with Crippen molar-refractivity contribution in [3.8, 4) is 0 Å². The van der Waals surface area contributed by atoms with Crippen LogP contribution in [0.3, 0.4) is 0 Å². The van der Waals surface area contributed by atoms with E-state index >= 15 is 0 Å². The van der Waals surface area contributed by atoms with Gasteiger partial charge in [-0.05, 0) is 31.0 Å². The van der Waals surface area contributed by atoms with Gasteiger partial charge in [-0.1, -0.05) is 49.0 Å². The van der Waals surface area contributed by atoms with Crippen LogP contribution in [0.1, 0.15) is 51.5 Å². The molecule has 0 fully saturated rings. The zero-order chi connectivity index (χ0) is 13.4. The lowest BCUT2D eigenvalue weighted by Crippen LogP contribution is -2.28. The van der Waals surface area contributed by atoms with Crippen LogP contribution in [0.2, 0.25) is 0 Å². The first kappa shape index (κ1) is 15.6. The van der Waals surface area contributed by atoms with E-state index in [1.54, 1.807) is 6.07 Å². The monoisotopic (exact) mass is 315 g/mol. The molecule has 1 unspecified atom stereocenters. The van der Waals surface area contributed by atoms with Crippen molar-refractivity contribution in [2.75, 3.05) is 0 Å². The minimum absolute atomic E-state index is 0.128. The first-order valence-electron chi connectivity index (χ1n) is 6.84. The number of benzene rings is 1. The van der Waals surface area contributed by atoms with E-state index in [4.69, 9.17) is 0 Å². The topological polar surface area (TPSA) is 12.0 Å². The fourth-order valence-electron chi connectivity index (χ4n) is 2.08. The molecule has 1 rings (SSSR count). The van der Waals surface area contributed by atoms with Gasteiger partial charge in [0.25, 0.3) is 0 Å². The molecule has 0 heterocycles. The van der Waals surface area contributed by atoms with Crippen LogP contribution < -0.4 is 5.32 Å². The van der Waals surface area contributed by atoms with Gasteiger partial charge in [0.15, 0.2) is 0 Å². The summed E-state index contributed by atoms with van der Waals surface area (Å²) in [7, 11) is 0. The van der Waals surface area contributed by atoms with Crippen LogP contribution in [0, 0.1) is 5.82 Å². The smallest absolute Gasteiger partial charge is 0.127 e. The molecule has 18 heavy (non-hydrogen) atoms. The third-order valence-electron chi connectivity index (χ3n) is 3.13. The van der Waals surface area contributed by atoms with Crippen LogP contribution in [-0.2, 0) is 6.54 Å². The van der Waals surface area contributed by atoms with Crippen molar-refractivity contribution in [1.29, 1.82) is 0 Å². The third kappa shape index (κ3) is 5.49. The van der Waals surface area contributed by atoms with Crippen molar-refractivity contribution in [3.63, 3.8) is 0 Å².